The van der Waals surface area contributed by atoms with Crippen LogP contribution >= 0.6 is 0 Å². The molecule has 0 heterocycles. The summed E-state index contributed by atoms with van der Waals surface area (Å²) < 4.78 is 13.4. The lowest BCUT2D eigenvalue weighted by molar-refractivity contribution is -0.154. The second-order valence-electron chi connectivity index (χ2n) is 6.61. The van der Waals surface area contributed by atoms with E-state index in [1.165, 1.54) is 0 Å². The molecule has 0 rings (SSSR count). The molecule has 0 aliphatic carbocycles. The van der Waals surface area contributed by atoms with Gasteiger partial charge in [-0.25, -0.2) is 9.18 Å². The van der Waals surface area contributed by atoms with Crippen LogP contribution in [0.25, 0.3) is 0 Å². The molecule has 2 N–H and O–H groups in total. The standard InChI is InChI=1S/C13H24FNO4/c1-12(2,3)15(13(4,5)6)9(11(18)19)7-8(14)10(16)17/h8-9H,7H2,1-6H3,(H,16,17)(H,18,19). The molecule has 0 saturated carbocycles. The van der Waals surface area contributed by atoms with Crippen molar-refractivity contribution in [3.63, 3.8) is 0 Å². The summed E-state index contributed by atoms with van der Waals surface area (Å²) in [5, 5.41) is 17.9. The van der Waals surface area contributed by atoms with E-state index in [2.05, 4.69) is 0 Å². The lowest BCUT2D eigenvalue weighted by atomic mass is 9.91. The Morgan fingerprint density at radius 3 is 1.58 bits per heavy atom. The molecule has 5 nitrogen and oxygen atoms in total. The second-order valence-corrected chi connectivity index (χ2v) is 6.61. The van der Waals surface area contributed by atoms with Crippen molar-refractivity contribution in [3.05, 3.63) is 0 Å². The van der Waals surface area contributed by atoms with Crippen molar-refractivity contribution in [2.75, 3.05) is 0 Å². The monoisotopic (exact) mass is 277 g/mol. The molecule has 0 aromatic heterocycles. The van der Waals surface area contributed by atoms with Crippen molar-refractivity contribution in [3.8, 4) is 0 Å². The molecular formula is C13H24FNO4. The fourth-order valence-corrected chi connectivity index (χ4v) is 2.55. The van der Waals surface area contributed by atoms with Crippen LogP contribution in [-0.4, -0.2) is 50.3 Å². The maximum Gasteiger partial charge on any atom is 0.338 e. The Labute approximate surface area is 113 Å². The van der Waals surface area contributed by atoms with Crippen LogP contribution in [0.15, 0.2) is 0 Å². The van der Waals surface area contributed by atoms with Gasteiger partial charge in [-0.15, -0.1) is 0 Å². The van der Waals surface area contributed by atoms with Gasteiger partial charge in [0.25, 0.3) is 0 Å². The molecule has 0 bridgehead atoms. The van der Waals surface area contributed by atoms with Gasteiger partial charge in [0.05, 0.1) is 0 Å². The van der Waals surface area contributed by atoms with Gasteiger partial charge >= 0.3 is 11.9 Å². The van der Waals surface area contributed by atoms with Crippen molar-refractivity contribution in [1.29, 1.82) is 0 Å². The van der Waals surface area contributed by atoms with Gasteiger partial charge in [-0.1, -0.05) is 0 Å². The van der Waals surface area contributed by atoms with Gasteiger partial charge in [0.1, 0.15) is 6.04 Å². The van der Waals surface area contributed by atoms with Gasteiger partial charge in [-0.05, 0) is 41.5 Å². The molecule has 0 aliphatic rings. The fraction of sp³-hybridized carbons (Fsp3) is 0.846. The first-order chi connectivity index (χ1) is 8.28. The molecule has 0 radical (unpaired) electrons. The van der Waals surface area contributed by atoms with Crippen molar-refractivity contribution < 1.29 is 24.2 Å². The quantitative estimate of drug-likeness (QED) is 0.805. The summed E-state index contributed by atoms with van der Waals surface area (Å²) in [6, 6.07) is -1.19. The molecule has 0 aliphatic heterocycles. The molecule has 0 saturated heterocycles. The second kappa shape index (κ2) is 5.86. The van der Waals surface area contributed by atoms with E-state index < -0.39 is 41.7 Å². The average Bonchev–Trinajstić information content (AvgIpc) is 2.11. The number of carboxylic acid groups (broad SMARTS) is 2. The minimum atomic E-state index is -2.19. The zero-order valence-corrected chi connectivity index (χ0v) is 12.4. The third-order valence-electron chi connectivity index (χ3n) is 2.74. The normalized spacial score (nSPS) is 16.2. The Bertz CT molecular complexity index is 330. The topological polar surface area (TPSA) is 77.8 Å². The van der Waals surface area contributed by atoms with E-state index in [9.17, 15) is 19.1 Å². The summed E-state index contributed by atoms with van der Waals surface area (Å²) in [6.45, 7) is 10.9. The lowest BCUT2D eigenvalue weighted by Crippen LogP contribution is -2.60. The summed E-state index contributed by atoms with van der Waals surface area (Å²) in [5.74, 6) is -2.84. The van der Waals surface area contributed by atoms with Crippen molar-refractivity contribution >= 4 is 11.9 Å². The fourth-order valence-electron chi connectivity index (χ4n) is 2.55. The van der Waals surface area contributed by atoms with Crippen LogP contribution in [0.3, 0.4) is 0 Å². The summed E-state index contributed by atoms with van der Waals surface area (Å²) in [6.07, 6.45) is -2.76. The predicted octanol–water partition coefficient (Wildman–Crippen LogP) is 2.15. The first-order valence-corrected chi connectivity index (χ1v) is 6.17. The maximum atomic E-state index is 13.4. The molecule has 112 valence electrons. The summed E-state index contributed by atoms with van der Waals surface area (Å²) >= 11 is 0. The molecule has 0 aromatic rings. The predicted molar refractivity (Wildman–Crippen MR) is 69.9 cm³/mol. The van der Waals surface area contributed by atoms with Gasteiger partial charge in [-0.2, -0.15) is 0 Å². The van der Waals surface area contributed by atoms with Crippen LogP contribution < -0.4 is 0 Å². The zero-order valence-electron chi connectivity index (χ0n) is 12.4. The Morgan fingerprint density at radius 1 is 1.00 bits per heavy atom. The summed E-state index contributed by atoms with van der Waals surface area (Å²) in [4.78, 5) is 23.6. The van der Waals surface area contributed by atoms with Crippen molar-refractivity contribution in [2.24, 2.45) is 0 Å². The van der Waals surface area contributed by atoms with E-state index in [-0.39, 0.29) is 0 Å². The van der Waals surface area contributed by atoms with Crippen LogP contribution in [0.2, 0.25) is 0 Å². The van der Waals surface area contributed by atoms with Crippen molar-refractivity contribution in [1.82, 2.24) is 4.90 Å². The SMILES string of the molecule is CC(C)(C)N(C(CC(F)C(=O)O)C(=O)O)C(C)(C)C. The molecule has 19 heavy (non-hydrogen) atoms. The van der Waals surface area contributed by atoms with Crippen LogP contribution in [-0.2, 0) is 9.59 Å². The number of hydrogen-bond acceptors (Lipinski definition) is 3. The lowest BCUT2D eigenvalue weighted by Gasteiger charge is -2.48. The Kier molecular flexibility index (Phi) is 5.50. The molecule has 0 spiro atoms. The van der Waals surface area contributed by atoms with Crippen LogP contribution in [0.4, 0.5) is 4.39 Å². The van der Waals surface area contributed by atoms with E-state index in [1.54, 1.807) is 4.90 Å². The Balaban J connectivity index is 5.44. The Hall–Kier alpha value is -1.17. The van der Waals surface area contributed by atoms with Gasteiger partial charge in [-0.3, -0.25) is 9.69 Å². The average molecular weight is 277 g/mol. The van der Waals surface area contributed by atoms with Gasteiger partial charge < -0.3 is 10.2 Å². The molecule has 0 amide bonds. The minimum absolute atomic E-state index is 0.528. The number of carbonyl (C=O) groups is 2. The van der Waals surface area contributed by atoms with E-state index in [0.29, 0.717) is 0 Å². The highest BCUT2D eigenvalue weighted by atomic mass is 19.1. The van der Waals surface area contributed by atoms with Gasteiger partial charge in [0, 0.05) is 17.5 Å². The van der Waals surface area contributed by atoms with Gasteiger partial charge in [0.2, 0.25) is 0 Å². The first-order valence-electron chi connectivity index (χ1n) is 6.17. The Morgan fingerprint density at radius 2 is 1.37 bits per heavy atom. The first kappa shape index (κ1) is 17.8. The highest BCUT2D eigenvalue weighted by Crippen LogP contribution is 2.30. The maximum absolute atomic E-state index is 13.4. The highest BCUT2D eigenvalue weighted by molar-refractivity contribution is 5.77. The highest BCUT2D eigenvalue weighted by Gasteiger charge is 2.42. The summed E-state index contributed by atoms with van der Waals surface area (Å²) in [7, 11) is 0. The third-order valence-corrected chi connectivity index (χ3v) is 2.74. The number of alkyl halides is 1. The third kappa shape index (κ3) is 5.14. The number of halogens is 1. The number of aliphatic carboxylic acids is 2. The number of hydrogen-bond donors (Lipinski definition) is 2. The molecule has 0 aromatic carbocycles. The van der Waals surface area contributed by atoms with Gasteiger partial charge in [0.15, 0.2) is 6.17 Å². The van der Waals surface area contributed by atoms with Crippen molar-refractivity contribution in [2.45, 2.75) is 71.3 Å². The molecular weight excluding hydrogens is 253 g/mol. The molecule has 0 fully saturated rings. The van der Waals surface area contributed by atoms with E-state index >= 15 is 0 Å². The van der Waals surface area contributed by atoms with Crippen LogP contribution in [0.5, 0.6) is 0 Å². The molecule has 6 heteroatoms. The number of nitrogens with zero attached hydrogens (tertiary/aromatic N) is 1. The number of rotatable bonds is 5. The van der Waals surface area contributed by atoms with E-state index in [4.69, 9.17) is 5.11 Å². The smallest absolute Gasteiger partial charge is 0.338 e. The molecule has 2 atom stereocenters. The van der Waals surface area contributed by atoms with Crippen LogP contribution in [0.1, 0.15) is 48.0 Å². The van der Waals surface area contributed by atoms with E-state index in [1.807, 2.05) is 41.5 Å². The largest absolute Gasteiger partial charge is 0.480 e. The molecule has 2 unspecified atom stereocenters. The van der Waals surface area contributed by atoms with Crippen LogP contribution in [0, 0.1) is 0 Å². The van der Waals surface area contributed by atoms with E-state index in [0.717, 1.165) is 0 Å². The minimum Gasteiger partial charge on any atom is -0.480 e. The summed E-state index contributed by atoms with van der Waals surface area (Å²) in [5.41, 5.74) is -1.06. The number of carboxylic acids is 2. The zero-order chi connectivity index (χ0) is 15.6.